The highest BCUT2D eigenvalue weighted by atomic mass is 14.7. The van der Waals surface area contributed by atoms with Crippen molar-refractivity contribution in [3.63, 3.8) is 0 Å². The number of unbranched alkanes of at least 4 members (excludes halogenated alkanes) is 5. The Morgan fingerprint density at radius 3 is 2.14 bits per heavy atom. The van der Waals surface area contributed by atoms with E-state index >= 15 is 0 Å². The molecule has 0 fully saturated rings. The molecule has 3 unspecified atom stereocenters. The molecule has 1 rings (SSSR count). The van der Waals surface area contributed by atoms with Gasteiger partial charge >= 0.3 is 0 Å². The van der Waals surface area contributed by atoms with Crippen molar-refractivity contribution in [1.29, 1.82) is 0 Å². The summed E-state index contributed by atoms with van der Waals surface area (Å²) in [5.74, 6) is 1.16. The number of rotatable bonds is 11. The largest absolute Gasteiger partial charge is 0.327 e. The van der Waals surface area contributed by atoms with Crippen LogP contribution in [0.25, 0.3) is 0 Å². The van der Waals surface area contributed by atoms with E-state index in [0.717, 1.165) is 6.42 Å². The minimum atomic E-state index is 0.300. The smallest absolute Gasteiger partial charge is 0.0110 e. The molecule has 0 bridgehead atoms. The highest BCUT2D eigenvalue weighted by Gasteiger charge is 2.24. The Morgan fingerprint density at radius 2 is 1.52 bits per heavy atom. The second-order valence-corrected chi connectivity index (χ2v) is 6.54. The van der Waals surface area contributed by atoms with E-state index in [2.05, 4.69) is 51.1 Å². The van der Waals surface area contributed by atoms with E-state index in [-0.39, 0.29) is 0 Å². The molecule has 0 radical (unpaired) electrons. The van der Waals surface area contributed by atoms with Crippen molar-refractivity contribution in [3.05, 3.63) is 35.9 Å². The Hall–Kier alpha value is -0.820. The van der Waals surface area contributed by atoms with E-state index < -0.39 is 0 Å². The molecule has 0 aromatic heterocycles. The van der Waals surface area contributed by atoms with Crippen molar-refractivity contribution in [2.24, 2.45) is 11.7 Å². The average molecular weight is 290 g/mol. The van der Waals surface area contributed by atoms with Gasteiger partial charge in [0.25, 0.3) is 0 Å². The quantitative estimate of drug-likeness (QED) is 0.505. The van der Waals surface area contributed by atoms with Crippen LogP contribution in [0.1, 0.15) is 83.6 Å². The Balaban J connectivity index is 2.47. The van der Waals surface area contributed by atoms with Crippen LogP contribution in [0.5, 0.6) is 0 Å². The second-order valence-electron chi connectivity index (χ2n) is 6.54. The van der Waals surface area contributed by atoms with Crippen LogP contribution in [0.4, 0.5) is 0 Å². The van der Waals surface area contributed by atoms with E-state index in [4.69, 9.17) is 5.73 Å². The normalized spacial score (nSPS) is 15.6. The first-order chi connectivity index (χ1) is 10.2. The molecular formula is C20H35N. The zero-order valence-corrected chi connectivity index (χ0v) is 14.4. The first-order valence-electron chi connectivity index (χ1n) is 9.01. The lowest BCUT2D eigenvalue weighted by Gasteiger charge is -2.29. The predicted molar refractivity (Wildman–Crippen MR) is 94.6 cm³/mol. The molecule has 1 heteroatoms. The van der Waals surface area contributed by atoms with Gasteiger partial charge in [0, 0.05) is 12.0 Å². The first kappa shape index (κ1) is 18.2. The summed E-state index contributed by atoms with van der Waals surface area (Å²) < 4.78 is 0. The van der Waals surface area contributed by atoms with Crippen LogP contribution in [-0.2, 0) is 0 Å². The van der Waals surface area contributed by atoms with Crippen molar-refractivity contribution in [3.8, 4) is 0 Å². The van der Waals surface area contributed by atoms with Gasteiger partial charge in [0.05, 0.1) is 0 Å². The molecule has 0 saturated heterocycles. The van der Waals surface area contributed by atoms with Crippen LogP contribution in [-0.4, -0.2) is 6.04 Å². The Labute approximate surface area is 132 Å². The lowest BCUT2D eigenvalue weighted by atomic mass is 9.79. The molecule has 1 aromatic rings. The summed E-state index contributed by atoms with van der Waals surface area (Å²) in [7, 11) is 0. The minimum absolute atomic E-state index is 0.300. The molecule has 0 spiro atoms. The van der Waals surface area contributed by atoms with Crippen molar-refractivity contribution >= 4 is 0 Å². The predicted octanol–water partition coefficient (Wildman–Crippen LogP) is 5.89. The number of benzene rings is 1. The summed E-state index contributed by atoms with van der Waals surface area (Å²) in [6.45, 7) is 6.89. The van der Waals surface area contributed by atoms with Gasteiger partial charge in [0.1, 0.15) is 0 Å². The summed E-state index contributed by atoms with van der Waals surface area (Å²) >= 11 is 0. The zero-order chi connectivity index (χ0) is 15.5. The molecule has 2 N–H and O–H groups in total. The third-order valence-corrected chi connectivity index (χ3v) is 4.79. The fraction of sp³-hybridized carbons (Fsp3) is 0.700. The third kappa shape index (κ3) is 6.65. The van der Waals surface area contributed by atoms with Crippen LogP contribution in [0.2, 0.25) is 0 Å². The van der Waals surface area contributed by atoms with Gasteiger partial charge in [0.15, 0.2) is 0 Å². The van der Waals surface area contributed by atoms with Gasteiger partial charge in [-0.05, 0) is 17.9 Å². The fourth-order valence-corrected chi connectivity index (χ4v) is 3.27. The second kappa shape index (κ2) is 10.8. The maximum absolute atomic E-state index is 6.57. The van der Waals surface area contributed by atoms with Crippen molar-refractivity contribution in [2.45, 2.75) is 84.1 Å². The third-order valence-electron chi connectivity index (χ3n) is 4.79. The van der Waals surface area contributed by atoms with Gasteiger partial charge in [-0.3, -0.25) is 0 Å². The zero-order valence-electron chi connectivity index (χ0n) is 14.4. The monoisotopic (exact) mass is 289 g/mol. The van der Waals surface area contributed by atoms with E-state index in [1.807, 2.05) is 0 Å². The van der Waals surface area contributed by atoms with E-state index in [0.29, 0.717) is 17.9 Å². The summed E-state index contributed by atoms with van der Waals surface area (Å²) in [6.07, 6.45) is 10.5. The molecule has 0 saturated carbocycles. The highest BCUT2D eigenvalue weighted by molar-refractivity contribution is 5.22. The van der Waals surface area contributed by atoms with Gasteiger partial charge < -0.3 is 5.73 Å². The van der Waals surface area contributed by atoms with Gasteiger partial charge in [-0.1, -0.05) is 96.0 Å². The van der Waals surface area contributed by atoms with Crippen LogP contribution in [0.3, 0.4) is 0 Å². The fourth-order valence-electron chi connectivity index (χ4n) is 3.27. The molecule has 1 nitrogen and oxygen atoms in total. The molecule has 3 atom stereocenters. The highest BCUT2D eigenvalue weighted by Crippen LogP contribution is 2.31. The molecule has 21 heavy (non-hydrogen) atoms. The van der Waals surface area contributed by atoms with E-state index in [9.17, 15) is 0 Å². The van der Waals surface area contributed by atoms with Gasteiger partial charge in [0.2, 0.25) is 0 Å². The maximum Gasteiger partial charge on any atom is 0.0110 e. The maximum atomic E-state index is 6.57. The summed E-state index contributed by atoms with van der Waals surface area (Å²) in [5.41, 5.74) is 7.99. The molecule has 0 aliphatic rings. The Kier molecular flexibility index (Phi) is 9.41. The minimum Gasteiger partial charge on any atom is -0.327 e. The summed E-state index contributed by atoms with van der Waals surface area (Å²) in [6, 6.07) is 11.2. The van der Waals surface area contributed by atoms with Crippen LogP contribution >= 0.6 is 0 Å². The molecular weight excluding hydrogens is 254 g/mol. The van der Waals surface area contributed by atoms with Gasteiger partial charge in [-0.15, -0.1) is 0 Å². The molecule has 0 heterocycles. The molecule has 1 aromatic carbocycles. The average Bonchev–Trinajstić information content (AvgIpc) is 2.51. The standard InChI is InChI=1S/C20H35N/c1-4-6-7-8-9-13-16-19(21)20(17(3)5-2)18-14-11-10-12-15-18/h10-12,14-15,17,19-20H,4-9,13,16,21H2,1-3H3. The Bertz CT molecular complexity index is 346. The topological polar surface area (TPSA) is 26.0 Å². The lowest BCUT2D eigenvalue weighted by molar-refractivity contribution is 0.360. The van der Waals surface area contributed by atoms with E-state index in [1.54, 1.807) is 0 Å². The van der Waals surface area contributed by atoms with Crippen LogP contribution < -0.4 is 5.73 Å². The Morgan fingerprint density at radius 1 is 0.905 bits per heavy atom. The first-order valence-corrected chi connectivity index (χ1v) is 9.01. The van der Waals surface area contributed by atoms with Gasteiger partial charge in [-0.25, -0.2) is 0 Å². The van der Waals surface area contributed by atoms with Gasteiger partial charge in [-0.2, -0.15) is 0 Å². The number of hydrogen-bond donors (Lipinski definition) is 1. The molecule has 120 valence electrons. The molecule has 0 aliphatic heterocycles. The summed E-state index contributed by atoms with van der Waals surface area (Å²) in [5, 5.41) is 0. The lowest BCUT2D eigenvalue weighted by Crippen LogP contribution is -2.32. The van der Waals surface area contributed by atoms with Crippen molar-refractivity contribution < 1.29 is 0 Å². The number of nitrogens with two attached hydrogens (primary N) is 1. The van der Waals surface area contributed by atoms with E-state index in [1.165, 1.54) is 50.5 Å². The summed E-state index contributed by atoms with van der Waals surface area (Å²) in [4.78, 5) is 0. The van der Waals surface area contributed by atoms with Crippen LogP contribution in [0.15, 0.2) is 30.3 Å². The van der Waals surface area contributed by atoms with Crippen LogP contribution in [0, 0.1) is 5.92 Å². The molecule has 0 amide bonds. The van der Waals surface area contributed by atoms with Crippen molar-refractivity contribution in [2.75, 3.05) is 0 Å². The SMILES string of the molecule is CCCCCCCCC(N)C(c1ccccc1)C(C)CC. The molecule has 0 aliphatic carbocycles. The van der Waals surface area contributed by atoms with Crippen molar-refractivity contribution in [1.82, 2.24) is 0 Å². The number of hydrogen-bond acceptors (Lipinski definition) is 1.